The van der Waals surface area contributed by atoms with E-state index in [1.165, 1.54) is 22.9 Å². The molecule has 2 heterocycles. The van der Waals surface area contributed by atoms with E-state index in [9.17, 15) is 24.1 Å². The summed E-state index contributed by atoms with van der Waals surface area (Å²) in [5.74, 6) is -0.591. The molecule has 0 spiro atoms. The summed E-state index contributed by atoms with van der Waals surface area (Å²) >= 11 is 0. The maximum absolute atomic E-state index is 13.4. The molecule has 10 heteroatoms. The van der Waals surface area contributed by atoms with E-state index >= 15 is 0 Å². The molecule has 2 aliphatic rings. The lowest BCUT2D eigenvalue weighted by atomic mass is 9.94. The monoisotopic (exact) mass is 428 g/mol. The molecule has 1 aromatic heterocycles. The lowest BCUT2D eigenvalue weighted by Gasteiger charge is -2.34. The van der Waals surface area contributed by atoms with Crippen molar-refractivity contribution in [3.05, 3.63) is 58.4 Å². The number of hydrogen-bond acceptors (Lipinski definition) is 8. The number of pyridine rings is 1. The number of anilines is 1. The number of aromatic hydroxyl groups is 2. The third-order valence-corrected chi connectivity index (χ3v) is 6.80. The van der Waals surface area contributed by atoms with Gasteiger partial charge in [-0.25, -0.2) is 4.68 Å². The Labute approximate surface area is 172 Å². The van der Waals surface area contributed by atoms with E-state index in [2.05, 4.69) is 15.1 Å². The fourth-order valence-corrected chi connectivity index (χ4v) is 4.85. The predicted molar refractivity (Wildman–Crippen MR) is 116 cm³/mol. The van der Waals surface area contributed by atoms with Crippen molar-refractivity contribution in [2.45, 2.75) is 30.2 Å². The molecule has 0 radical (unpaired) electrons. The van der Waals surface area contributed by atoms with E-state index in [1.54, 1.807) is 24.3 Å². The summed E-state index contributed by atoms with van der Waals surface area (Å²) in [7, 11) is -3.69. The van der Waals surface area contributed by atoms with Gasteiger partial charge in [0.1, 0.15) is 22.0 Å². The second-order valence-corrected chi connectivity index (χ2v) is 9.06. The van der Waals surface area contributed by atoms with Gasteiger partial charge in [0.25, 0.3) is 5.56 Å². The summed E-state index contributed by atoms with van der Waals surface area (Å²) in [5.41, 5.74) is 3.28. The highest BCUT2D eigenvalue weighted by molar-refractivity contribution is 8.23. The van der Waals surface area contributed by atoms with Crippen LogP contribution in [0.4, 0.5) is 5.69 Å². The molecule has 0 amide bonds. The summed E-state index contributed by atoms with van der Waals surface area (Å²) < 4.78 is 26.4. The van der Waals surface area contributed by atoms with Crippen LogP contribution in [0.5, 0.6) is 11.5 Å². The maximum Gasteiger partial charge on any atom is 0.284 e. The molecule has 1 aliphatic heterocycles. The fraction of sp³-hybridized carbons (Fsp3) is 0.200. The first kappa shape index (κ1) is 18.8. The van der Waals surface area contributed by atoms with Crippen molar-refractivity contribution in [2.24, 2.45) is 4.40 Å². The van der Waals surface area contributed by atoms with Gasteiger partial charge in [0.15, 0.2) is 5.84 Å². The number of fused-ring (bicyclic) bond motifs is 2. The zero-order chi connectivity index (χ0) is 21.0. The predicted octanol–water partition coefficient (Wildman–Crippen LogP) is 3.41. The molecule has 30 heavy (non-hydrogen) atoms. The van der Waals surface area contributed by atoms with E-state index in [-0.39, 0.29) is 39.5 Å². The van der Waals surface area contributed by atoms with Gasteiger partial charge in [-0.05, 0) is 43.5 Å². The van der Waals surface area contributed by atoms with Gasteiger partial charge in [-0.1, -0.05) is 22.9 Å². The summed E-state index contributed by atoms with van der Waals surface area (Å²) in [6.45, 7) is 0. The van der Waals surface area contributed by atoms with Crippen molar-refractivity contribution in [2.75, 3.05) is 10.7 Å². The molecular weight excluding hydrogens is 408 g/mol. The zero-order valence-electron chi connectivity index (χ0n) is 15.7. The van der Waals surface area contributed by atoms with Crippen LogP contribution in [0.2, 0.25) is 0 Å². The second kappa shape index (κ2) is 6.66. The van der Waals surface area contributed by atoms with Crippen LogP contribution in [0.3, 0.4) is 0 Å². The zero-order valence-corrected chi connectivity index (χ0v) is 16.6. The Kier molecular flexibility index (Phi) is 4.17. The first-order valence-electron chi connectivity index (χ1n) is 9.47. The van der Waals surface area contributed by atoms with Crippen LogP contribution in [0.1, 0.15) is 24.8 Å². The van der Waals surface area contributed by atoms with Crippen LogP contribution in [0.25, 0.3) is 10.9 Å². The summed E-state index contributed by atoms with van der Waals surface area (Å²) in [5, 5.41) is 23.9. The molecule has 3 aromatic rings. The quantitative estimate of drug-likeness (QED) is 0.351. The molecule has 156 valence electrons. The third-order valence-electron chi connectivity index (χ3n) is 5.44. The molecule has 0 atom stereocenters. The van der Waals surface area contributed by atoms with Gasteiger partial charge in [-0.3, -0.25) is 13.9 Å². The standard InChI is InChI=1S/C20H20N4O5S/c25-12-8-9-14-16(10-12)30(28,29)23-19(21-14)17-18(26)13-6-1-2-7-15(13)24(20(17)27)22-11-4-3-5-11/h1-2,6-11,22,25-26,28-29H,3-5H2,(H,21,23). The summed E-state index contributed by atoms with van der Waals surface area (Å²) in [4.78, 5) is 13.4. The highest BCUT2D eigenvalue weighted by atomic mass is 32.3. The topological polar surface area (TPSA) is 139 Å². The highest BCUT2D eigenvalue weighted by Gasteiger charge is 2.31. The largest absolute Gasteiger partial charge is 0.508 e. The number of amidine groups is 1. The van der Waals surface area contributed by atoms with E-state index in [4.69, 9.17) is 0 Å². The van der Waals surface area contributed by atoms with Crippen LogP contribution in [-0.2, 0) is 0 Å². The SMILES string of the molecule is O=c1c(C2=NS(O)(O)c3cc(O)ccc3N2)c(O)c2ccccc2n1NC1CCC1. The van der Waals surface area contributed by atoms with Gasteiger partial charge in [0.2, 0.25) is 0 Å². The molecule has 6 N–H and O–H groups in total. The molecule has 1 fully saturated rings. The Balaban J connectivity index is 1.72. The number of nitrogens with one attached hydrogen (secondary N) is 2. The number of phenols is 1. The number of hydrogen-bond donors (Lipinski definition) is 6. The summed E-state index contributed by atoms with van der Waals surface area (Å²) in [6.07, 6.45) is 2.95. The minimum atomic E-state index is -3.69. The molecule has 2 aromatic carbocycles. The molecule has 0 unspecified atom stereocenters. The maximum atomic E-state index is 13.4. The van der Waals surface area contributed by atoms with Crippen molar-refractivity contribution in [3.8, 4) is 11.5 Å². The average Bonchev–Trinajstić information content (AvgIpc) is 2.67. The van der Waals surface area contributed by atoms with Crippen LogP contribution in [0, 0.1) is 0 Å². The fourth-order valence-electron chi connectivity index (χ4n) is 3.66. The Morgan fingerprint density at radius 3 is 2.63 bits per heavy atom. The van der Waals surface area contributed by atoms with Gasteiger partial charge in [0.05, 0.1) is 11.2 Å². The molecule has 0 bridgehead atoms. The molecule has 1 aliphatic carbocycles. The van der Waals surface area contributed by atoms with Crippen LogP contribution >= 0.6 is 10.8 Å². The number of benzene rings is 2. The molecular formula is C20H20N4O5S. The second-order valence-electron chi connectivity index (χ2n) is 7.40. The van der Waals surface area contributed by atoms with Crippen LogP contribution in [0.15, 0.2) is 56.6 Å². The third kappa shape index (κ3) is 2.88. The molecule has 5 rings (SSSR count). The van der Waals surface area contributed by atoms with Crippen LogP contribution < -0.4 is 16.3 Å². The van der Waals surface area contributed by atoms with Crippen molar-refractivity contribution in [1.29, 1.82) is 0 Å². The molecule has 1 saturated carbocycles. The summed E-state index contributed by atoms with van der Waals surface area (Å²) in [6, 6.07) is 11.1. The number of para-hydroxylation sites is 1. The highest BCUT2D eigenvalue weighted by Crippen LogP contribution is 2.56. The van der Waals surface area contributed by atoms with Crippen molar-refractivity contribution >= 4 is 33.2 Å². The van der Waals surface area contributed by atoms with Crippen molar-refractivity contribution in [3.63, 3.8) is 0 Å². The average molecular weight is 428 g/mol. The van der Waals surface area contributed by atoms with E-state index < -0.39 is 16.3 Å². The van der Waals surface area contributed by atoms with Gasteiger partial charge in [0, 0.05) is 17.5 Å². The lowest BCUT2D eigenvalue weighted by Crippen LogP contribution is -2.42. The van der Waals surface area contributed by atoms with Crippen LogP contribution in [-0.4, -0.2) is 35.9 Å². The Bertz CT molecular complexity index is 1270. The minimum absolute atomic E-state index is 0.0134. The van der Waals surface area contributed by atoms with E-state index in [0.717, 1.165) is 19.3 Å². The Morgan fingerprint density at radius 2 is 1.90 bits per heavy atom. The van der Waals surface area contributed by atoms with Crippen molar-refractivity contribution < 1.29 is 19.3 Å². The Hall–Kier alpha value is -3.21. The van der Waals surface area contributed by atoms with E-state index in [1.807, 2.05) is 0 Å². The Morgan fingerprint density at radius 1 is 1.13 bits per heavy atom. The smallest absolute Gasteiger partial charge is 0.284 e. The van der Waals surface area contributed by atoms with E-state index in [0.29, 0.717) is 10.9 Å². The number of aromatic nitrogens is 1. The normalized spacial score (nSPS) is 18.7. The van der Waals surface area contributed by atoms with Gasteiger partial charge >= 0.3 is 0 Å². The number of rotatable bonds is 3. The number of phenolic OH excluding ortho intramolecular Hbond substituents is 1. The van der Waals surface area contributed by atoms with Gasteiger partial charge in [-0.2, -0.15) is 0 Å². The van der Waals surface area contributed by atoms with Crippen molar-refractivity contribution in [1.82, 2.24) is 4.68 Å². The minimum Gasteiger partial charge on any atom is -0.508 e. The van der Waals surface area contributed by atoms with Gasteiger partial charge < -0.3 is 21.0 Å². The van der Waals surface area contributed by atoms with Gasteiger partial charge in [-0.15, -0.1) is 4.40 Å². The lowest BCUT2D eigenvalue weighted by molar-refractivity contribution is 0.414. The molecule has 9 nitrogen and oxygen atoms in total. The first-order chi connectivity index (χ1) is 14.3. The first-order valence-corrected chi connectivity index (χ1v) is 11.0. The number of nitrogens with zero attached hydrogens (tertiary/aromatic N) is 2. The molecule has 0 saturated heterocycles.